The molecular weight excluding hydrogens is 418 g/mol. The maximum Gasteiger partial charge on any atom is 0.240 e. The number of nitrogens with one attached hydrogen (secondary N) is 1. The van der Waals surface area contributed by atoms with Gasteiger partial charge in [0, 0.05) is 18.0 Å². The lowest BCUT2D eigenvalue weighted by Gasteiger charge is -2.16. The van der Waals surface area contributed by atoms with E-state index in [2.05, 4.69) is 24.4 Å². The first-order valence-electron chi connectivity index (χ1n) is 10.0. The molecule has 1 N–H and O–H groups in total. The maximum absolute atomic E-state index is 12.4. The quantitative estimate of drug-likeness (QED) is 0.405. The number of sulfonamides is 1. The van der Waals surface area contributed by atoms with Gasteiger partial charge < -0.3 is 0 Å². The van der Waals surface area contributed by atoms with E-state index in [-0.39, 0.29) is 4.90 Å². The van der Waals surface area contributed by atoms with Gasteiger partial charge in [-0.05, 0) is 50.2 Å². The molecule has 158 valence electrons. The smallest absolute Gasteiger partial charge is 0.240 e. The second-order valence-corrected chi connectivity index (χ2v) is 9.94. The molecule has 0 radical (unpaired) electrons. The lowest BCUT2D eigenvalue weighted by Crippen LogP contribution is -2.26. The molecular formula is C21H25N5O2S2. The van der Waals surface area contributed by atoms with Crippen LogP contribution < -0.4 is 4.72 Å². The van der Waals surface area contributed by atoms with E-state index < -0.39 is 10.0 Å². The van der Waals surface area contributed by atoms with Crippen molar-refractivity contribution in [1.82, 2.24) is 24.4 Å². The Morgan fingerprint density at radius 3 is 2.30 bits per heavy atom. The van der Waals surface area contributed by atoms with Gasteiger partial charge in [0.2, 0.25) is 10.0 Å². The minimum atomic E-state index is -3.50. The summed E-state index contributed by atoms with van der Waals surface area (Å²) in [4.78, 5) is 2.67. The van der Waals surface area contributed by atoms with Gasteiger partial charge in [0.25, 0.3) is 0 Å². The molecule has 30 heavy (non-hydrogen) atoms. The molecule has 0 aliphatic carbocycles. The number of rotatable bonds is 9. The molecule has 0 unspecified atom stereocenters. The van der Waals surface area contributed by atoms with Crippen molar-refractivity contribution in [2.45, 2.75) is 29.4 Å². The maximum atomic E-state index is 12.4. The van der Waals surface area contributed by atoms with Gasteiger partial charge in [0.05, 0.1) is 11.4 Å². The Bertz CT molecular complexity index is 1050. The lowest BCUT2D eigenvalue weighted by molar-refractivity contribution is 0.319. The van der Waals surface area contributed by atoms with Gasteiger partial charge in [-0.15, -0.1) is 10.2 Å². The number of nitrogens with zero attached hydrogens (tertiary/aromatic N) is 4. The number of likely N-dealkylation sites (tertiary alicyclic amines) is 1. The zero-order chi connectivity index (χ0) is 20.8. The molecule has 2 heterocycles. The normalized spacial score (nSPS) is 14.9. The summed E-state index contributed by atoms with van der Waals surface area (Å²) in [7, 11) is -3.50. The SMILES string of the molecule is O=S(=O)(NCCSc1nnc(CN2CCCC2)n1-c1ccccc1)c1ccccc1. The van der Waals surface area contributed by atoms with Crippen LogP contribution >= 0.6 is 11.8 Å². The molecule has 9 heteroatoms. The van der Waals surface area contributed by atoms with Crippen molar-refractivity contribution in [3.63, 3.8) is 0 Å². The Balaban J connectivity index is 1.44. The monoisotopic (exact) mass is 443 g/mol. The third kappa shape index (κ3) is 5.10. The van der Waals surface area contributed by atoms with Crippen LogP contribution in [0.3, 0.4) is 0 Å². The fourth-order valence-corrected chi connectivity index (χ4v) is 5.48. The summed E-state index contributed by atoms with van der Waals surface area (Å²) in [5, 5.41) is 9.61. The first-order chi connectivity index (χ1) is 14.6. The van der Waals surface area contributed by atoms with Crippen LogP contribution in [0.1, 0.15) is 18.7 Å². The van der Waals surface area contributed by atoms with Crippen LogP contribution in [0.2, 0.25) is 0 Å². The number of thioether (sulfide) groups is 1. The summed E-state index contributed by atoms with van der Waals surface area (Å²) in [5.74, 6) is 1.47. The van der Waals surface area contributed by atoms with E-state index in [1.54, 1.807) is 30.3 Å². The van der Waals surface area contributed by atoms with Crippen molar-refractivity contribution in [3.8, 4) is 5.69 Å². The molecule has 0 spiro atoms. The number of aromatic nitrogens is 3. The van der Waals surface area contributed by atoms with Gasteiger partial charge in [-0.2, -0.15) is 0 Å². The Hall–Kier alpha value is -2.20. The molecule has 1 saturated heterocycles. The van der Waals surface area contributed by atoms with Crippen LogP contribution in [0.4, 0.5) is 0 Å². The van der Waals surface area contributed by atoms with E-state index in [0.717, 1.165) is 36.3 Å². The molecule has 0 bridgehead atoms. The first-order valence-corrected chi connectivity index (χ1v) is 12.5. The van der Waals surface area contributed by atoms with E-state index in [4.69, 9.17) is 0 Å². The van der Waals surface area contributed by atoms with Crippen LogP contribution in [-0.2, 0) is 16.6 Å². The fraction of sp³-hybridized carbons (Fsp3) is 0.333. The average molecular weight is 444 g/mol. The minimum absolute atomic E-state index is 0.273. The van der Waals surface area contributed by atoms with Crippen molar-refractivity contribution in [2.24, 2.45) is 0 Å². The molecule has 1 aliphatic rings. The molecule has 4 rings (SSSR count). The van der Waals surface area contributed by atoms with Crippen molar-refractivity contribution >= 4 is 21.8 Å². The van der Waals surface area contributed by atoms with Crippen LogP contribution in [0, 0.1) is 0 Å². The third-order valence-corrected chi connectivity index (χ3v) is 7.36. The van der Waals surface area contributed by atoms with Gasteiger partial charge in [-0.25, -0.2) is 13.1 Å². The number of benzene rings is 2. The van der Waals surface area contributed by atoms with Crippen LogP contribution in [0.15, 0.2) is 70.7 Å². The average Bonchev–Trinajstić information content (AvgIpc) is 3.43. The summed E-state index contributed by atoms with van der Waals surface area (Å²) < 4.78 is 29.5. The van der Waals surface area contributed by atoms with E-state index in [9.17, 15) is 8.42 Å². The fourth-order valence-electron chi connectivity index (χ4n) is 3.47. The zero-order valence-corrected chi connectivity index (χ0v) is 18.3. The summed E-state index contributed by atoms with van der Waals surface area (Å²) in [6.07, 6.45) is 2.45. The Morgan fingerprint density at radius 2 is 1.60 bits per heavy atom. The van der Waals surface area contributed by atoms with Gasteiger partial charge in [0.15, 0.2) is 11.0 Å². The third-order valence-electron chi connectivity index (χ3n) is 4.96. The largest absolute Gasteiger partial charge is 0.296 e. The molecule has 7 nitrogen and oxygen atoms in total. The highest BCUT2D eigenvalue weighted by Crippen LogP contribution is 2.23. The molecule has 1 aromatic heterocycles. The van der Waals surface area contributed by atoms with Gasteiger partial charge in [-0.3, -0.25) is 9.47 Å². The van der Waals surface area contributed by atoms with Crippen molar-refractivity contribution in [1.29, 1.82) is 0 Å². The van der Waals surface area contributed by atoms with Crippen molar-refractivity contribution in [3.05, 3.63) is 66.5 Å². The van der Waals surface area contributed by atoms with Crippen molar-refractivity contribution < 1.29 is 8.42 Å². The molecule has 2 aromatic carbocycles. The van der Waals surface area contributed by atoms with Gasteiger partial charge in [0.1, 0.15) is 0 Å². The van der Waals surface area contributed by atoms with Crippen LogP contribution in [-0.4, -0.2) is 53.5 Å². The zero-order valence-electron chi connectivity index (χ0n) is 16.6. The Morgan fingerprint density at radius 1 is 0.933 bits per heavy atom. The predicted octanol–water partition coefficient (Wildman–Crippen LogP) is 2.93. The minimum Gasteiger partial charge on any atom is -0.296 e. The summed E-state index contributed by atoms with van der Waals surface area (Å²) >= 11 is 1.50. The van der Waals surface area contributed by atoms with Crippen molar-refractivity contribution in [2.75, 3.05) is 25.4 Å². The van der Waals surface area contributed by atoms with Gasteiger partial charge in [-0.1, -0.05) is 48.2 Å². The van der Waals surface area contributed by atoms with E-state index in [0.29, 0.717) is 12.3 Å². The molecule has 3 aromatic rings. The molecule has 1 fully saturated rings. The Labute approximate surface area is 181 Å². The number of para-hydroxylation sites is 1. The molecule has 1 aliphatic heterocycles. The van der Waals surface area contributed by atoms with E-state index >= 15 is 0 Å². The second kappa shape index (κ2) is 9.74. The standard InChI is InChI=1S/C21H25N5O2S2/c27-30(28,19-11-5-2-6-12-19)22-13-16-29-21-24-23-20(17-25-14-7-8-15-25)26(21)18-9-3-1-4-10-18/h1-6,9-12,22H,7-8,13-17H2. The highest BCUT2D eigenvalue weighted by molar-refractivity contribution is 7.99. The summed E-state index contributed by atoms with van der Waals surface area (Å²) in [6.45, 7) is 3.25. The topological polar surface area (TPSA) is 80.1 Å². The second-order valence-electron chi connectivity index (χ2n) is 7.11. The van der Waals surface area contributed by atoms with Crippen LogP contribution in [0.5, 0.6) is 0 Å². The number of hydrogen-bond donors (Lipinski definition) is 1. The predicted molar refractivity (Wildman–Crippen MR) is 118 cm³/mol. The highest BCUT2D eigenvalue weighted by Gasteiger charge is 2.19. The first kappa shape index (κ1) is 21.0. The summed E-state index contributed by atoms with van der Waals surface area (Å²) in [5.41, 5.74) is 1.02. The van der Waals surface area contributed by atoms with E-state index in [1.165, 1.54) is 24.6 Å². The van der Waals surface area contributed by atoms with E-state index in [1.807, 2.05) is 30.3 Å². The summed E-state index contributed by atoms with van der Waals surface area (Å²) in [6, 6.07) is 18.5. The molecule has 0 amide bonds. The van der Waals surface area contributed by atoms with Crippen LogP contribution in [0.25, 0.3) is 5.69 Å². The number of hydrogen-bond acceptors (Lipinski definition) is 6. The van der Waals surface area contributed by atoms with Gasteiger partial charge >= 0.3 is 0 Å². The Kier molecular flexibility index (Phi) is 6.83. The molecule has 0 saturated carbocycles. The highest BCUT2D eigenvalue weighted by atomic mass is 32.2. The molecule has 0 atom stereocenters. The lowest BCUT2D eigenvalue weighted by atomic mass is 10.3.